The van der Waals surface area contributed by atoms with Crippen LogP contribution < -0.4 is 21.7 Å². The maximum Gasteiger partial charge on any atom is 0.328 e. The van der Waals surface area contributed by atoms with Gasteiger partial charge in [-0.2, -0.15) is 12.6 Å². The van der Waals surface area contributed by atoms with Gasteiger partial charge in [0, 0.05) is 12.2 Å². The monoisotopic (exact) mass is 464 g/mol. The molecule has 0 rings (SSSR count). The average molecular weight is 465 g/mol. The van der Waals surface area contributed by atoms with Gasteiger partial charge < -0.3 is 37.0 Å². The maximum absolute atomic E-state index is 12.8. The predicted octanol–water partition coefficient (Wildman–Crippen LogP) is -1.93. The van der Waals surface area contributed by atoms with Gasteiger partial charge in [0.2, 0.25) is 17.7 Å². The van der Waals surface area contributed by atoms with Gasteiger partial charge in [0.25, 0.3) is 0 Å². The first-order valence-electron chi connectivity index (χ1n) is 9.70. The van der Waals surface area contributed by atoms with E-state index in [1.54, 1.807) is 13.8 Å². The van der Waals surface area contributed by atoms with Crippen molar-refractivity contribution < 1.29 is 39.3 Å². The number of thiol groups is 1. The molecule has 0 aromatic carbocycles. The van der Waals surface area contributed by atoms with E-state index in [0.29, 0.717) is 0 Å². The molecule has 3 amide bonds. The lowest BCUT2D eigenvalue weighted by Gasteiger charge is -2.26. The van der Waals surface area contributed by atoms with Crippen LogP contribution >= 0.6 is 12.6 Å². The second-order valence-electron chi connectivity index (χ2n) is 7.54. The standard InChI is InChI=1S/C18H32N4O8S/c1-8(2)6-12(21-15(26)10(19)7-31)17(28)20-11(4-5-13(24)25)16(27)22-14(9(3)23)18(29)30/h8-12,14,23,31H,4-7,19H2,1-3H3,(H,20,28)(H,21,26)(H,22,27)(H,24,25)(H,29,30). The summed E-state index contributed by atoms with van der Waals surface area (Å²) in [6.45, 7) is 4.77. The van der Waals surface area contributed by atoms with Gasteiger partial charge in [0.05, 0.1) is 12.1 Å². The molecule has 13 heteroatoms. The predicted molar refractivity (Wildman–Crippen MR) is 113 cm³/mol. The van der Waals surface area contributed by atoms with Gasteiger partial charge in [0.1, 0.15) is 12.1 Å². The molecular weight excluding hydrogens is 432 g/mol. The highest BCUT2D eigenvalue weighted by molar-refractivity contribution is 7.80. The van der Waals surface area contributed by atoms with E-state index >= 15 is 0 Å². The Morgan fingerprint density at radius 1 is 0.903 bits per heavy atom. The van der Waals surface area contributed by atoms with Crippen molar-refractivity contribution in [2.45, 2.75) is 70.3 Å². The van der Waals surface area contributed by atoms with Crippen molar-refractivity contribution in [2.24, 2.45) is 11.7 Å². The molecular formula is C18H32N4O8S. The Labute approximate surface area is 185 Å². The van der Waals surface area contributed by atoms with Crippen molar-refractivity contribution in [3.05, 3.63) is 0 Å². The molecule has 0 spiro atoms. The average Bonchev–Trinajstić information content (AvgIpc) is 2.66. The van der Waals surface area contributed by atoms with Crippen LogP contribution in [0.5, 0.6) is 0 Å². The molecule has 0 saturated heterocycles. The zero-order valence-electron chi connectivity index (χ0n) is 17.7. The number of aliphatic hydroxyl groups is 1. The molecule has 0 aromatic rings. The number of rotatable bonds is 14. The second-order valence-corrected chi connectivity index (χ2v) is 7.90. The fourth-order valence-electron chi connectivity index (χ4n) is 2.52. The second kappa shape index (κ2) is 13.8. The summed E-state index contributed by atoms with van der Waals surface area (Å²) in [5, 5.41) is 34.5. The molecule has 0 bridgehead atoms. The van der Waals surface area contributed by atoms with Gasteiger partial charge in [-0.3, -0.25) is 19.2 Å². The van der Waals surface area contributed by atoms with Crippen LogP contribution in [0.1, 0.15) is 40.0 Å². The molecule has 0 radical (unpaired) electrons. The Hall–Kier alpha value is -2.38. The fourth-order valence-corrected chi connectivity index (χ4v) is 2.68. The van der Waals surface area contributed by atoms with Crippen LogP contribution in [0.2, 0.25) is 0 Å². The number of aliphatic carboxylic acids is 2. The molecule has 178 valence electrons. The van der Waals surface area contributed by atoms with E-state index in [0.717, 1.165) is 6.92 Å². The third-order valence-corrected chi connectivity index (χ3v) is 4.59. The van der Waals surface area contributed by atoms with Gasteiger partial charge in [-0.25, -0.2) is 4.79 Å². The van der Waals surface area contributed by atoms with E-state index in [1.165, 1.54) is 0 Å². The van der Waals surface area contributed by atoms with Gasteiger partial charge >= 0.3 is 11.9 Å². The number of carbonyl (C=O) groups is 5. The minimum absolute atomic E-state index is 0.0267. The third kappa shape index (κ3) is 11.0. The number of hydrogen-bond donors (Lipinski definition) is 8. The zero-order valence-corrected chi connectivity index (χ0v) is 18.6. The van der Waals surface area contributed by atoms with E-state index in [1.807, 2.05) is 0 Å². The topological polar surface area (TPSA) is 208 Å². The fraction of sp³-hybridized carbons (Fsp3) is 0.722. The minimum Gasteiger partial charge on any atom is -0.481 e. The quantitative estimate of drug-likeness (QED) is 0.134. The van der Waals surface area contributed by atoms with E-state index in [4.69, 9.17) is 15.9 Å². The molecule has 0 saturated carbocycles. The van der Waals surface area contributed by atoms with Crippen molar-refractivity contribution in [1.29, 1.82) is 0 Å². The van der Waals surface area contributed by atoms with Gasteiger partial charge in [-0.1, -0.05) is 13.8 Å². The summed E-state index contributed by atoms with van der Waals surface area (Å²) in [7, 11) is 0. The zero-order chi connectivity index (χ0) is 24.3. The highest BCUT2D eigenvalue weighted by Crippen LogP contribution is 2.08. The Balaban J connectivity index is 5.52. The molecule has 12 nitrogen and oxygen atoms in total. The van der Waals surface area contributed by atoms with Crippen molar-refractivity contribution in [2.75, 3.05) is 5.75 Å². The lowest BCUT2D eigenvalue weighted by atomic mass is 10.0. The first-order chi connectivity index (χ1) is 14.3. The van der Waals surface area contributed by atoms with Gasteiger partial charge in [0.15, 0.2) is 6.04 Å². The molecule has 0 aliphatic rings. The van der Waals surface area contributed by atoms with Crippen LogP contribution in [0.25, 0.3) is 0 Å². The number of nitrogens with one attached hydrogen (secondary N) is 3. The van der Waals surface area contributed by atoms with E-state index in [-0.39, 0.29) is 24.5 Å². The summed E-state index contributed by atoms with van der Waals surface area (Å²) < 4.78 is 0. The Morgan fingerprint density at radius 3 is 1.84 bits per heavy atom. The van der Waals surface area contributed by atoms with Gasteiger partial charge in [-0.15, -0.1) is 0 Å². The smallest absolute Gasteiger partial charge is 0.328 e. The molecule has 8 N–H and O–H groups in total. The summed E-state index contributed by atoms with van der Waals surface area (Å²) in [4.78, 5) is 59.5. The molecule has 0 fully saturated rings. The number of carboxylic acids is 2. The number of carboxylic acid groups (broad SMARTS) is 2. The van der Waals surface area contributed by atoms with Gasteiger partial charge in [-0.05, 0) is 25.7 Å². The lowest BCUT2D eigenvalue weighted by molar-refractivity contribution is -0.145. The Morgan fingerprint density at radius 2 is 1.42 bits per heavy atom. The minimum atomic E-state index is -1.66. The van der Waals surface area contributed by atoms with Crippen molar-refractivity contribution in [3.8, 4) is 0 Å². The SMILES string of the molecule is CC(C)CC(NC(=O)C(N)CS)C(=O)NC(CCC(=O)O)C(=O)NC(C(=O)O)C(C)O. The van der Waals surface area contributed by atoms with E-state index in [2.05, 4.69) is 28.6 Å². The van der Waals surface area contributed by atoms with Crippen molar-refractivity contribution >= 4 is 42.3 Å². The van der Waals surface area contributed by atoms with Crippen LogP contribution in [-0.4, -0.2) is 81.0 Å². The Kier molecular flexibility index (Phi) is 12.8. The first kappa shape index (κ1) is 28.6. The van der Waals surface area contributed by atoms with Crippen LogP contribution in [0.4, 0.5) is 0 Å². The summed E-state index contributed by atoms with van der Waals surface area (Å²) in [5.74, 6) is -5.08. The molecule has 0 aliphatic carbocycles. The van der Waals surface area contributed by atoms with Crippen LogP contribution in [0.3, 0.4) is 0 Å². The van der Waals surface area contributed by atoms with E-state index in [9.17, 15) is 29.1 Å². The number of amides is 3. The lowest BCUT2D eigenvalue weighted by Crippen LogP contribution is -2.58. The molecule has 5 atom stereocenters. The summed E-state index contributed by atoms with van der Waals surface area (Å²) in [5.41, 5.74) is 5.61. The first-order valence-corrected chi connectivity index (χ1v) is 10.3. The summed E-state index contributed by atoms with van der Waals surface area (Å²) in [6.07, 6.45) is -2.06. The highest BCUT2D eigenvalue weighted by Gasteiger charge is 2.32. The van der Waals surface area contributed by atoms with Crippen molar-refractivity contribution in [1.82, 2.24) is 16.0 Å². The molecule has 31 heavy (non-hydrogen) atoms. The summed E-state index contributed by atoms with van der Waals surface area (Å²) >= 11 is 3.93. The molecule has 0 heterocycles. The number of hydrogen-bond acceptors (Lipinski definition) is 8. The molecule has 5 unspecified atom stereocenters. The largest absolute Gasteiger partial charge is 0.481 e. The van der Waals surface area contributed by atoms with Crippen molar-refractivity contribution in [3.63, 3.8) is 0 Å². The normalized spacial score (nSPS) is 15.8. The van der Waals surface area contributed by atoms with Crippen LogP contribution in [0, 0.1) is 5.92 Å². The summed E-state index contributed by atoms with van der Waals surface area (Å²) in [6, 6.07) is -5.09. The number of carbonyl (C=O) groups excluding carboxylic acids is 3. The van der Waals surface area contributed by atoms with Crippen LogP contribution in [-0.2, 0) is 24.0 Å². The molecule has 0 aromatic heterocycles. The number of nitrogens with two attached hydrogens (primary N) is 1. The highest BCUT2D eigenvalue weighted by atomic mass is 32.1. The maximum atomic E-state index is 12.8. The Bertz CT molecular complexity index is 658. The third-order valence-electron chi connectivity index (χ3n) is 4.20. The number of aliphatic hydroxyl groups excluding tert-OH is 1. The van der Waals surface area contributed by atoms with Crippen LogP contribution in [0.15, 0.2) is 0 Å². The molecule has 0 aliphatic heterocycles. The van der Waals surface area contributed by atoms with E-state index < -0.39 is 66.4 Å².